The molecule has 0 spiro atoms. The highest BCUT2D eigenvalue weighted by Gasteiger charge is 2.05. The van der Waals surface area contributed by atoms with Crippen LogP contribution in [0.3, 0.4) is 0 Å². The molecule has 3 nitrogen and oxygen atoms in total. The number of fused-ring (bicyclic) bond motifs is 1. The van der Waals surface area contributed by atoms with E-state index in [1.807, 2.05) is 24.4 Å². The van der Waals surface area contributed by atoms with Gasteiger partial charge in [0, 0.05) is 17.8 Å². The first kappa shape index (κ1) is 12.3. The SMILES string of the molecule is NCCCCOc1ccc2ccncc2c1Br. The first-order valence-electron chi connectivity index (χ1n) is 5.68. The molecule has 2 rings (SSSR count). The van der Waals surface area contributed by atoms with E-state index in [1.54, 1.807) is 6.20 Å². The topological polar surface area (TPSA) is 48.1 Å². The molecule has 0 aliphatic heterocycles. The van der Waals surface area contributed by atoms with E-state index >= 15 is 0 Å². The highest BCUT2D eigenvalue weighted by molar-refractivity contribution is 9.10. The number of aromatic nitrogens is 1. The molecule has 0 bridgehead atoms. The summed E-state index contributed by atoms with van der Waals surface area (Å²) in [5.41, 5.74) is 5.44. The normalized spacial score (nSPS) is 10.7. The number of nitrogens with zero attached hydrogens (tertiary/aromatic N) is 1. The van der Waals surface area contributed by atoms with Gasteiger partial charge in [-0.3, -0.25) is 4.98 Å². The Kier molecular flexibility index (Phi) is 4.34. The van der Waals surface area contributed by atoms with E-state index in [4.69, 9.17) is 10.5 Å². The van der Waals surface area contributed by atoms with E-state index in [9.17, 15) is 0 Å². The fraction of sp³-hybridized carbons (Fsp3) is 0.308. The van der Waals surface area contributed by atoms with Crippen molar-refractivity contribution in [1.82, 2.24) is 4.98 Å². The summed E-state index contributed by atoms with van der Waals surface area (Å²) in [5, 5.41) is 2.23. The van der Waals surface area contributed by atoms with Crippen LogP contribution in [0, 0.1) is 0 Å². The molecule has 0 saturated heterocycles. The Hall–Kier alpha value is -1.13. The maximum atomic E-state index is 5.72. The number of rotatable bonds is 5. The van der Waals surface area contributed by atoms with Crippen molar-refractivity contribution in [2.75, 3.05) is 13.2 Å². The quantitative estimate of drug-likeness (QED) is 0.862. The van der Waals surface area contributed by atoms with Crippen LogP contribution in [0.5, 0.6) is 5.75 Å². The van der Waals surface area contributed by atoms with Gasteiger partial charge in [-0.05, 0) is 52.8 Å². The monoisotopic (exact) mass is 294 g/mol. The molecule has 4 heteroatoms. The predicted octanol–water partition coefficient (Wildman–Crippen LogP) is 3.12. The van der Waals surface area contributed by atoms with E-state index < -0.39 is 0 Å². The Balaban J connectivity index is 2.15. The van der Waals surface area contributed by atoms with Crippen LogP contribution >= 0.6 is 15.9 Å². The van der Waals surface area contributed by atoms with Crippen molar-refractivity contribution in [3.05, 3.63) is 35.1 Å². The Bertz CT molecular complexity index is 502. The molecular formula is C13H15BrN2O. The van der Waals surface area contributed by atoms with Gasteiger partial charge in [-0.25, -0.2) is 0 Å². The summed E-state index contributed by atoms with van der Waals surface area (Å²) in [6, 6.07) is 6.01. The molecule has 0 unspecified atom stereocenters. The zero-order chi connectivity index (χ0) is 12.1. The number of halogens is 1. The summed E-state index contributed by atoms with van der Waals surface area (Å²) in [5.74, 6) is 0.863. The van der Waals surface area contributed by atoms with E-state index in [2.05, 4.69) is 20.9 Å². The molecule has 17 heavy (non-hydrogen) atoms. The molecule has 1 aromatic carbocycles. The van der Waals surface area contributed by atoms with Crippen molar-refractivity contribution in [2.45, 2.75) is 12.8 Å². The molecule has 2 N–H and O–H groups in total. The fourth-order valence-corrected chi connectivity index (χ4v) is 2.22. The summed E-state index contributed by atoms with van der Waals surface area (Å²) in [7, 11) is 0. The lowest BCUT2D eigenvalue weighted by molar-refractivity contribution is 0.306. The molecule has 1 heterocycles. The third-order valence-electron chi connectivity index (χ3n) is 2.58. The Labute approximate surface area is 109 Å². The number of pyridine rings is 1. The summed E-state index contributed by atoms with van der Waals surface area (Å²) in [6.45, 7) is 1.41. The van der Waals surface area contributed by atoms with Crippen LogP contribution in [0.15, 0.2) is 35.1 Å². The zero-order valence-corrected chi connectivity index (χ0v) is 11.1. The lowest BCUT2D eigenvalue weighted by atomic mass is 10.2. The minimum atomic E-state index is 0.696. The van der Waals surface area contributed by atoms with Gasteiger partial charge < -0.3 is 10.5 Å². The fourth-order valence-electron chi connectivity index (χ4n) is 1.65. The maximum absolute atomic E-state index is 5.72. The zero-order valence-electron chi connectivity index (χ0n) is 9.53. The minimum Gasteiger partial charge on any atom is -0.492 e. The summed E-state index contributed by atoms with van der Waals surface area (Å²) >= 11 is 3.56. The summed E-state index contributed by atoms with van der Waals surface area (Å²) in [4.78, 5) is 4.12. The van der Waals surface area contributed by atoms with Crippen LogP contribution in [-0.4, -0.2) is 18.1 Å². The molecule has 2 aromatic rings. The first-order valence-corrected chi connectivity index (χ1v) is 6.47. The average Bonchev–Trinajstić information content (AvgIpc) is 2.37. The standard InChI is InChI=1S/C13H15BrN2O/c14-13-11-9-16-7-5-10(11)3-4-12(13)17-8-2-1-6-15/h3-5,7,9H,1-2,6,8,15H2. The predicted molar refractivity (Wildman–Crippen MR) is 73.2 cm³/mol. The van der Waals surface area contributed by atoms with Gasteiger partial charge in [0.05, 0.1) is 11.1 Å². The van der Waals surface area contributed by atoms with Crippen molar-refractivity contribution in [3.63, 3.8) is 0 Å². The number of nitrogens with two attached hydrogens (primary N) is 1. The van der Waals surface area contributed by atoms with Crippen molar-refractivity contribution in [3.8, 4) is 5.75 Å². The highest BCUT2D eigenvalue weighted by atomic mass is 79.9. The van der Waals surface area contributed by atoms with Crippen molar-refractivity contribution in [2.24, 2.45) is 5.73 Å². The van der Waals surface area contributed by atoms with Crippen molar-refractivity contribution < 1.29 is 4.74 Å². The molecule has 0 atom stereocenters. The van der Waals surface area contributed by atoms with Crippen LogP contribution < -0.4 is 10.5 Å². The number of hydrogen-bond donors (Lipinski definition) is 1. The molecule has 1 aromatic heterocycles. The average molecular weight is 295 g/mol. The van der Waals surface area contributed by atoms with Crippen molar-refractivity contribution in [1.29, 1.82) is 0 Å². The van der Waals surface area contributed by atoms with Crippen LogP contribution in [0.1, 0.15) is 12.8 Å². The van der Waals surface area contributed by atoms with Gasteiger partial charge >= 0.3 is 0 Å². The number of ether oxygens (including phenoxy) is 1. The third-order valence-corrected chi connectivity index (χ3v) is 3.40. The van der Waals surface area contributed by atoms with E-state index in [0.717, 1.165) is 33.8 Å². The second kappa shape index (κ2) is 5.98. The molecule has 0 saturated carbocycles. The van der Waals surface area contributed by atoms with Gasteiger partial charge in [0.25, 0.3) is 0 Å². The van der Waals surface area contributed by atoms with Gasteiger partial charge in [0.1, 0.15) is 5.75 Å². The lowest BCUT2D eigenvalue weighted by Crippen LogP contribution is -2.03. The Morgan fingerprint density at radius 1 is 1.24 bits per heavy atom. The summed E-state index contributed by atoms with van der Waals surface area (Å²) in [6.07, 6.45) is 5.60. The first-order chi connectivity index (χ1) is 8.33. The number of hydrogen-bond acceptors (Lipinski definition) is 3. The Morgan fingerprint density at radius 3 is 2.94 bits per heavy atom. The molecular weight excluding hydrogens is 280 g/mol. The second-order valence-electron chi connectivity index (χ2n) is 3.82. The Morgan fingerprint density at radius 2 is 2.12 bits per heavy atom. The van der Waals surface area contributed by atoms with Gasteiger partial charge in [-0.15, -0.1) is 0 Å². The van der Waals surface area contributed by atoms with Crippen LogP contribution in [-0.2, 0) is 0 Å². The molecule has 0 amide bonds. The van der Waals surface area contributed by atoms with Crippen LogP contribution in [0.25, 0.3) is 10.8 Å². The van der Waals surface area contributed by atoms with E-state index in [1.165, 1.54) is 0 Å². The molecule has 0 radical (unpaired) electrons. The number of unbranched alkanes of at least 4 members (excludes halogenated alkanes) is 1. The minimum absolute atomic E-state index is 0.696. The molecule has 0 aliphatic carbocycles. The van der Waals surface area contributed by atoms with Gasteiger partial charge in [0.15, 0.2) is 0 Å². The van der Waals surface area contributed by atoms with Gasteiger partial charge in [-0.2, -0.15) is 0 Å². The molecule has 90 valence electrons. The number of benzene rings is 1. The largest absolute Gasteiger partial charge is 0.492 e. The van der Waals surface area contributed by atoms with Gasteiger partial charge in [-0.1, -0.05) is 6.07 Å². The highest BCUT2D eigenvalue weighted by Crippen LogP contribution is 2.32. The molecule has 0 aliphatic rings. The second-order valence-corrected chi connectivity index (χ2v) is 4.61. The van der Waals surface area contributed by atoms with Gasteiger partial charge in [0.2, 0.25) is 0 Å². The van der Waals surface area contributed by atoms with Crippen molar-refractivity contribution >= 4 is 26.7 Å². The van der Waals surface area contributed by atoms with Crippen LogP contribution in [0.4, 0.5) is 0 Å². The van der Waals surface area contributed by atoms with E-state index in [0.29, 0.717) is 13.2 Å². The van der Waals surface area contributed by atoms with Crippen LogP contribution in [0.2, 0.25) is 0 Å². The lowest BCUT2D eigenvalue weighted by Gasteiger charge is -2.09. The maximum Gasteiger partial charge on any atom is 0.134 e. The van der Waals surface area contributed by atoms with E-state index in [-0.39, 0.29) is 0 Å². The summed E-state index contributed by atoms with van der Waals surface area (Å²) < 4.78 is 6.69. The third kappa shape index (κ3) is 2.96. The smallest absolute Gasteiger partial charge is 0.134 e. The molecule has 0 fully saturated rings.